The van der Waals surface area contributed by atoms with Gasteiger partial charge in [-0.2, -0.15) is 13.2 Å². The Balaban J connectivity index is 1.84. The number of alkyl halides is 3. The number of primary amides is 1. The average Bonchev–Trinajstić information content (AvgIpc) is 3.45. The molecule has 0 unspecified atom stereocenters. The minimum Gasteiger partial charge on any atom is -0.370 e. The molecule has 1 aliphatic carbocycles. The molecule has 1 saturated heterocycles. The van der Waals surface area contributed by atoms with E-state index in [1.165, 1.54) is 11.0 Å². The fourth-order valence-electron chi connectivity index (χ4n) is 3.42. The average molecular weight is 428 g/mol. The molecule has 3 rings (SSSR count). The number of nitrogens with zero attached hydrogens (tertiary/aromatic N) is 2. The van der Waals surface area contributed by atoms with Crippen molar-refractivity contribution in [3.05, 3.63) is 23.8 Å². The van der Waals surface area contributed by atoms with Crippen molar-refractivity contribution in [2.45, 2.75) is 25.1 Å². The number of ether oxygens (including phenoxy) is 1. The number of anilines is 2. The van der Waals surface area contributed by atoms with E-state index in [1.54, 1.807) is 7.05 Å². The highest BCUT2D eigenvalue weighted by Crippen LogP contribution is 2.39. The maximum absolute atomic E-state index is 13.6. The largest absolute Gasteiger partial charge is 0.418 e. The molecule has 1 heterocycles. The van der Waals surface area contributed by atoms with Gasteiger partial charge < -0.3 is 20.7 Å². The summed E-state index contributed by atoms with van der Waals surface area (Å²) in [7, 11) is 1.57. The van der Waals surface area contributed by atoms with Crippen LogP contribution in [0.1, 0.15) is 18.4 Å². The van der Waals surface area contributed by atoms with Crippen molar-refractivity contribution in [2.75, 3.05) is 43.6 Å². The zero-order chi connectivity index (χ0) is 22.1. The molecule has 0 bridgehead atoms. The lowest BCUT2D eigenvalue weighted by molar-refractivity contribution is -0.137. The zero-order valence-electron chi connectivity index (χ0n) is 16.4. The lowest BCUT2D eigenvalue weighted by atomic mass is 10.1. The Morgan fingerprint density at radius 3 is 2.63 bits per heavy atom. The van der Waals surface area contributed by atoms with Crippen LogP contribution in [0.3, 0.4) is 0 Å². The number of hydrogen-bond acceptors (Lipinski definition) is 5. The van der Waals surface area contributed by atoms with Crippen LogP contribution in [0.4, 0.5) is 24.5 Å². The van der Waals surface area contributed by atoms with Gasteiger partial charge in [0, 0.05) is 18.8 Å². The summed E-state index contributed by atoms with van der Waals surface area (Å²) in [6.45, 7) is 0.300. The number of halogens is 3. The number of nitrogens with one attached hydrogen (secondary N) is 1. The van der Waals surface area contributed by atoms with Gasteiger partial charge in [0.1, 0.15) is 6.61 Å². The van der Waals surface area contributed by atoms with E-state index >= 15 is 0 Å². The first-order valence-corrected chi connectivity index (χ1v) is 9.47. The fourth-order valence-corrected chi connectivity index (χ4v) is 3.42. The van der Waals surface area contributed by atoms with Gasteiger partial charge in [-0.25, -0.2) is 0 Å². The topological polar surface area (TPSA) is 105 Å². The first-order chi connectivity index (χ1) is 14.1. The maximum Gasteiger partial charge on any atom is 0.418 e. The summed E-state index contributed by atoms with van der Waals surface area (Å²) >= 11 is 0. The lowest BCUT2D eigenvalue weighted by Crippen LogP contribution is -2.51. The Hall–Kier alpha value is -2.66. The number of nitrogens with two attached hydrogens (primary N) is 1. The number of rotatable bonds is 7. The van der Waals surface area contributed by atoms with Crippen LogP contribution in [0.25, 0.3) is 0 Å². The molecule has 0 aromatic heterocycles. The van der Waals surface area contributed by atoms with Crippen molar-refractivity contribution in [3.63, 3.8) is 0 Å². The molecule has 2 fully saturated rings. The lowest BCUT2D eigenvalue weighted by Gasteiger charge is -2.29. The van der Waals surface area contributed by atoms with E-state index in [-0.39, 0.29) is 31.1 Å². The number of likely N-dealkylation sites (N-methyl/N-ethyl adjacent to an activating group) is 1. The highest BCUT2D eigenvalue weighted by Gasteiger charge is 2.38. The van der Waals surface area contributed by atoms with Crippen molar-refractivity contribution in [1.82, 2.24) is 4.90 Å². The smallest absolute Gasteiger partial charge is 0.370 e. The monoisotopic (exact) mass is 428 g/mol. The van der Waals surface area contributed by atoms with Crippen molar-refractivity contribution < 1.29 is 32.3 Å². The fraction of sp³-hybridized carbons (Fsp3) is 0.526. The normalized spacial score (nSPS) is 18.4. The van der Waals surface area contributed by atoms with E-state index in [2.05, 4.69) is 5.32 Å². The molecule has 2 aliphatic rings. The molecule has 1 saturated carbocycles. The quantitative estimate of drug-likeness (QED) is 0.635. The molecule has 0 spiro atoms. The predicted molar refractivity (Wildman–Crippen MR) is 102 cm³/mol. The third-order valence-electron chi connectivity index (χ3n) is 5.05. The zero-order valence-corrected chi connectivity index (χ0v) is 16.4. The van der Waals surface area contributed by atoms with Gasteiger partial charge in [0.05, 0.1) is 17.9 Å². The van der Waals surface area contributed by atoms with Crippen LogP contribution in [0.5, 0.6) is 0 Å². The SMILES string of the molecule is CN(CC1CC1)[C@H](C(N)=O)C(=O)Nc1ccc(N2CCOCC2=O)c(C(F)(F)F)c1. The molecular weight excluding hydrogens is 405 g/mol. The van der Waals surface area contributed by atoms with Gasteiger partial charge in [0.25, 0.3) is 11.8 Å². The minimum atomic E-state index is -4.76. The maximum atomic E-state index is 13.6. The third kappa shape index (κ3) is 5.08. The summed E-state index contributed by atoms with van der Waals surface area (Å²) < 4.78 is 45.9. The second kappa shape index (κ2) is 8.60. The Labute approximate surface area is 171 Å². The Morgan fingerprint density at radius 1 is 1.37 bits per heavy atom. The number of benzene rings is 1. The van der Waals surface area contributed by atoms with Crippen molar-refractivity contribution in [3.8, 4) is 0 Å². The van der Waals surface area contributed by atoms with Gasteiger partial charge in [-0.3, -0.25) is 19.3 Å². The number of amides is 3. The van der Waals surface area contributed by atoms with Crippen LogP contribution in [0.2, 0.25) is 0 Å². The van der Waals surface area contributed by atoms with Gasteiger partial charge >= 0.3 is 6.18 Å². The molecule has 1 atom stereocenters. The Morgan fingerprint density at radius 2 is 2.07 bits per heavy atom. The molecule has 1 aromatic rings. The Bertz CT molecular complexity index is 842. The molecule has 3 N–H and O–H groups in total. The van der Waals surface area contributed by atoms with E-state index in [4.69, 9.17) is 10.5 Å². The highest BCUT2D eigenvalue weighted by atomic mass is 19.4. The number of carbonyl (C=O) groups excluding carboxylic acids is 3. The highest BCUT2D eigenvalue weighted by molar-refractivity contribution is 6.09. The summed E-state index contributed by atoms with van der Waals surface area (Å²) in [5.41, 5.74) is 3.81. The summed E-state index contributed by atoms with van der Waals surface area (Å²) in [6.07, 6.45) is -2.78. The standard InChI is InChI=1S/C19H23F3N4O4/c1-25(9-11-2-3-11)16(17(23)28)18(29)24-12-4-5-14(13(8-12)19(20,21)22)26-6-7-30-10-15(26)27/h4-5,8,11,16H,2-3,6-7,9-10H2,1H3,(H2,23,28)(H,24,29)/t16-/m1/s1. The van der Waals surface area contributed by atoms with E-state index in [0.29, 0.717) is 12.5 Å². The van der Waals surface area contributed by atoms with Gasteiger partial charge in [0.15, 0.2) is 6.04 Å². The van der Waals surface area contributed by atoms with E-state index in [1.807, 2.05) is 0 Å². The van der Waals surface area contributed by atoms with Gasteiger partial charge in [-0.05, 0) is 44.0 Å². The Kier molecular flexibility index (Phi) is 6.32. The van der Waals surface area contributed by atoms with Crippen molar-refractivity contribution >= 4 is 29.1 Å². The summed E-state index contributed by atoms with van der Waals surface area (Å²) in [5.74, 6) is -1.90. The van der Waals surface area contributed by atoms with Gasteiger partial charge in [0.2, 0.25) is 5.91 Å². The summed E-state index contributed by atoms with van der Waals surface area (Å²) in [6, 6.07) is 1.81. The van der Waals surface area contributed by atoms with Crippen LogP contribution in [-0.2, 0) is 25.3 Å². The summed E-state index contributed by atoms with van der Waals surface area (Å²) in [5, 5.41) is 2.34. The molecule has 1 aromatic carbocycles. The first kappa shape index (κ1) is 22.0. The molecule has 0 radical (unpaired) electrons. The minimum absolute atomic E-state index is 0.0106. The summed E-state index contributed by atoms with van der Waals surface area (Å²) in [4.78, 5) is 38.8. The van der Waals surface area contributed by atoms with Crippen molar-refractivity contribution in [1.29, 1.82) is 0 Å². The number of morpholine rings is 1. The molecule has 11 heteroatoms. The van der Waals surface area contributed by atoms with Crippen LogP contribution in [0, 0.1) is 5.92 Å². The van der Waals surface area contributed by atoms with E-state index in [0.717, 1.165) is 29.9 Å². The number of hydrogen-bond donors (Lipinski definition) is 2. The van der Waals surface area contributed by atoms with Crippen LogP contribution in [0.15, 0.2) is 18.2 Å². The van der Waals surface area contributed by atoms with Crippen LogP contribution in [-0.4, -0.2) is 62.0 Å². The second-order valence-electron chi connectivity index (χ2n) is 7.50. The third-order valence-corrected chi connectivity index (χ3v) is 5.05. The first-order valence-electron chi connectivity index (χ1n) is 9.47. The van der Waals surface area contributed by atoms with Crippen molar-refractivity contribution in [2.24, 2.45) is 11.7 Å². The molecule has 30 heavy (non-hydrogen) atoms. The molecule has 1 aliphatic heterocycles. The van der Waals surface area contributed by atoms with Crippen LogP contribution < -0.4 is 16.0 Å². The van der Waals surface area contributed by atoms with Gasteiger partial charge in [-0.1, -0.05) is 0 Å². The van der Waals surface area contributed by atoms with E-state index in [9.17, 15) is 27.6 Å². The second-order valence-corrected chi connectivity index (χ2v) is 7.50. The van der Waals surface area contributed by atoms with Gasteiger partial charge in [-0.15, -0.1) is 0 Å². The molecule has 8 nitrogen and oxygen atoms in total. The van der Waals surface area contributed by atoms with Crippen LogP contribution >= 0.6 is 0 Å². The van der Waals surface area contributed by atoms with E-state index < -0.39 is 35.5 Å². The molecule has 164 valence electrons. The molecule has 3 amide bonds. The molecular formula is C19H23F3N4O4. The predicted octanol–water partition coefficient (Wildman–Crippen LogP) is 1.20. The number of carbonyl (C=O) groups is 3.